The summed E-state index contributed by atoms with van der Waals surface area (Å²) in [6.07, 6.45) is 1.13. The monoisotopic (exact) mass is 1990 g/mol. The molecule has 5 aromatic heterocycles. The largest absolute Gasteiger partial charge is 1.00 e. The van der Waals surface area contributed by atoms with Gasteiger partial charge in [0.2, 0.25) is 0 Å². The van der Waals surface area contributed by atoms with Gasteiger partial charge in [-0.1, -0.05) is 139 Å². The van der Waals surface area contributed by atoms with Crippen LogP contribution in [0.5, 0.6) is 28.7 Å². The Balaban J connectivity index is 0.000000179. The van der Waals surface area contributed by atoms with Gasteiger partial charge in [-0.25, -0.2) is 37.9 Å². The number of carbonyl (C=O) groups excluding carboxylic acids is 5. The summed E-state index contributed by atoms with van der Waals surface area (Å²) in [6, 6.07) is 41.9. The van der Waals surface area contributed by atoms with E-state index in [0.717, 1.165) is 80.7 Å². The average molecular weight is 1990 g/mol. The van der Waals surface area contributed by atoms with E-state index < -0.39 is 61.6 Å². The smallest absolute Gasteiger partial charge is 0.780 e. The molecule has 0 saturated heterocycles. The number of thiazole rings is 5. The average Bonchev–Trinajstić information content (AvgIpc) is 1.80. The van der Waals surface area contributed by atoms with Crippen LogP contribution in [0.1, 0.15) is 102 Å². The summed E-state index contributed by atoms with van der Waals surface area (Å²) in [7, 11) is -9.75. The van der Waals surface area contributed by atoms with Crippen LogP contribution in [0.3, 0.4) is 0 Å². The molecule has 5 heterocycles. The number of hydrogen-bond acceptors (Lipinski definition) is 28. The Labute approximate surface area is 814 Å². The summed E-state index contributed by atoms with van der Waals surface area (Å²) < 4.78 is 59.0. The number of nitrogens with zero attached hydrogens (tertiary/aromatic N) is 6. The van der Waals surface area contributed by atoms with E-state index in [-0.39, 0.29) is 147 Å². The number of amides is 5. The number of aromatic nitrogens is 5. The van der Waals surface area contributed by atoms with Gasteiger partial charge >= 0.3 is 66.9 Å². The quantitative estimate of drug-likeness (QED) is 0.0281. The molecule has 0 atom stereocenters. The summed E-state index contributed by atoms with van der Waals surface area (Å²) in [4.78, 5) is 126. The van der Waals surface area contributed by atoms with Crippen LogP contribution in [-0.2, 0) is 32.1 Å². The van der Waals surface area contributed by atoms with Crippen molar-refractivity contribution in [2.45, 2.75) is 66.5 Å². The third-order valence-corrected chi connectivity index (χ3v) is 25.1. The fourth-order valence-corrected chi connectivity index (χ4v) is 19.5. The maximum atomic E-state index is 12.6. The molecule has 10 aromatic carbocycles. The van der Waals surface area contributed by atoms with E-state index in [9.17, 15) is 71.7 Å². The number of hydrogen-bond donors (Lipinski definition) is 11. The minimum Gasteiger partial charge on any atom is -0.780 e. The van der Waals surface area contributed by atoms with Gasteiger partial charge in [-0.2, -0.15) is 0 Å². The molecule has 0 aliphatic heterocycles. The SMILES string of the molecule is Cc1cc(Cl)cc(C(=O)Nc2nc3ccc(S(C)(=O)=O)cc3s2)c1O.Cc1ccc2nc(NC(=O)c3cc(Cl)cc(C)c3OP(=O)(O)O)sc2c1.Cc1ccc2nc(NC(=O)c3cc(Cl)cc(C)c3OP(=O)([O-])[O-])sc2c1.Cc1ccc2nc(NC(=O)c3cc(Cl)cc(CN(C)C)c3O)sc2c1.Cc1ccc2nc(NC(=O)c3cc(Cl)cc(CO)c3O)sc2c1.[Na+].[Na+]. The second kappa shape index (κ2) is 43.6. The second-order valence-corrected chi connectivity index (χ2v) is 39.5. The summed E-state index contributed by atoms with van der Waals surface area (Å²) >= 11 is 36.3. The Hall–Kier alpha value is -8.38. The van der Waals surface area contributed by atoms with Crippen LogP contribution in [-0.4, -0.2) is 118 Å². The zero-order valence-corrected chi connectivity index (χ0v) is 83.2. The van der Waals surface area contributed by atoms with Crippen LogP contribution in [0, 0.1) is 48.5 Å². The summed E-state index contributed by atoms with van der Waals surface area (Å²) in [5.41, 5.74) is 9.80. The molecular formula is C82H70Cl5N11Na2O19P2S6. The third-order valence-electron chi connectivity index (χ3n) is 17.4. The number of rotatable bonds is 18. The van der Waals surface area contributed by atoms with E-state index in [4.69, 9.17) is 67.8 Å². The molecule has 0 aliphatic rings. The number of aliphatic hydroxyl groups is 1. The Morgan fingerprint density at radius 1 is 0.409 bits per heavy atom. The molecule has 11 N–H and O–H groups in total. The number of carbonyl (C=O) groups is 5. The van der Waals surface area contributed by atoms with Crippen molar-refractivity contribution in [2.75, 3.05) is 46.9 Å². The molecule has 0 radical (unpaired) electrons. The molecule has 0 unspecified atom stereocenters. The number of benzene rings is 10. The number of halogens is 5. The number of aryl methyl sites for hydroxylation is 7. The first kappa shape index (κ1) is 102. The first-order valence-corrected chi connectivity index (χ1v) is 47.1. The van der Waals surface area contributed by atoms with Crippen molar-refractivity contribution < 1.29 is 150 Å². The van der Waals surface area contributed by atoms with Gasteiger partial charge < -0.3 is 48.7 Å². The van der Waals surface area contributed by atoms with E-state index in [1.807, 2.05) is 119 Å². The number of phosphoric acid groups is 2. The van der Waals surface area contributed by atoms with Crippen LogP contribution >= 0.6 is 130 Å². The van der Waals surface area contributed by atoms with Crippen molar-refractivity contribution in [3.63, 3.8) is 0 Å². The van der Waals surface area contributed by atoms with Gasteiger partial charge in [0, 0.05) is 49.0 Å². The molecule has 0 saturated carbocycles. The Bertz CT molecular complexity index is 6850. The maximum Gasteiger partial charge on any atom is 1.00 e. The fraction of sp³-hybridized carbons (Fsp3) is 0.146. The molecular weight excluding hydrogens is 1920 g/mol. The zero-order chi connectivity index (χ0) is 91.2. The predicted octanol–water partition coefficient (Wildman–Crippen LogP) is 12.9. The molecule has 0 fully saturated rings. The summed E-state index contributed by atoms with van der Waals surface area (Å²) in [5.74, 6) is -3.91. The molecule has 127 heavy (non-hydrogen) atoms. The van der Waals surface area contributed by atoms with E-state index in [0.29, 0.717) is 69.2 Å². The number of phenolic OH excluding ortho intramolecular Hbond substituents is 2. The van der Waals surface area contributed by atoms with E-state index in [2.05, 4.69) is 60.6 Å². The molecule has 650 valence electrons. The number of aliphatic hydroxyl groups excluding tert-OH is 1. The summed E-state index contributed by atoms with van der Waals surface area (Å²) in [6.45, 7) is 12.6. The first-order valence-electron chi connectivity index (χ1n) is 36.2. The topological polar surface area (TPSA) is 467 Å². The standard InChI is InChI=1S/C18H18ClN3O2S.2C16H14ClN2O5PS.C16H13ClN2O4S2.C16H13ClN2O3S.2Na/c1-10-4-5-14-15(6-10)25-18(20-14)21-17(24)13-8-12(19)7-11(16(13)23)9-22(2)3;2*1-8-3-4-12-13(5-8)26-16(18-12)19-15(20)11-7-10(17)6-9(2)14(11)24-25(21,22)23;1-8-5-9(17)6-11(14(8)20)15(21)19-16-18-12-4-3-10(25(2,22)23)7-13(12)24-16;1-8-2-3-12-13(4-8)23-16(18-12)19-15(22)11-6-10(17)5-9(7-20)14(11)21;;/h4-8,23H,9H2,1-3H3,(H,20,21,24);2*3-7H,1-2H3,(H,18,19,20)(H2,21,22,23);3-7,20H,1-2H3,(H,18,19,21);2-6,20-21H,7H2,1H3,(H,18,19,22);;/q;;;;;2*+1/p-2. The van der Waals surface area contributed by atoms with Gasteiger partial charge in [0.05, 0.1) is 90.4 Å². The van der Waals surface area contributed by atoms with Crippen molar-refractivity contribution in [3.8, 4) is 28.7 Å². The normalized spacial score (nSPS) is 11.2. The number of fused-ring (bicyclic) bond motifs is 5. The van der Waals surface area contributed by atoms with E-state index in [1.54, 1.807) is 25.1 Å². The van der Waals surface area contributed by atoms with E-state index >= 15 is 0 Å². The maximum absolute atomic E-state index is 12.6. The zero-order valence-electron chi connectivity index (χ0n) is 68.8. The molecule has 0 bridgehead atoms. The third kappa shape index (κ3) is 27.6. The van der Waals surface area contributed by atoms with Crippen LogP contribution in [0.2, 0.25) is 25.1 Å². The number of anilines is 5. The van der Waals surface area contributed by atoms with Crippen molar-refractivity contribution in [1.29, 1.82) is 0 Å². The van der Waals surface area contributed by atoms with Crippen LogP contribution < -0.4 is 105 Å². The van der Waals surface area contributed by atoms with Crippen molar-refractivity contribution in [3.05, 3.63) is 255 Å². The van der Waals surface area contributed by atoms with Gasteiger partial charge in [-0.05, 0) is 229 Å². The second-order valence-electron chi connectivity index (χ2n) is 27.9. The van der Waals surface area contributed by atoms with Gasteiger partial charge in [-0.3, -0.25) is 60.3 Å². The Kier molecular flexibility index (Phi) is 35.1. The summed E-state index contributed by atoms with van der Waals surface area (Å²) in [5, 5.41) is 56.2. The fourth-order valence-electron chi connectivity index (χ4n) is 11.8. The van der Waals surface area contributed by atoms with E-state index in [1.165, 1.54) is 120 Å². The van der Waals surface area contributed by atoms with Crippen LogP contribution in [0.15, 0.2) is 157 Å². The van der Waals surface area contributed by atoms with Crippen molar-refractivity contribution >= 4 is 246 Å². The number of aromatic hydroxyl groups is 3. The first-order chi connectivity index (χ1) is 58.7. The van der Waals surface area contributed by atoms with Gasteiger partial charge in [0.1, 0.15) is 36.6 Å². The molecule has 30 nitrogen and oxygen atoms in total. The predicted molar refractivity (Wildman–Crippen MR) is 491 cm³/mol. The Morgan fingerprint density at radius 3 is 1.00 bits per heavy atom. The van der Waals surface area contributed by atoms with Gasteiger partial charge in [0.15, 0.2) is 35.5 Å². The van der Waals surface area contributed by atoms with Crippen LogP contribution in [0.25, 0.3) is 51.1 Å². The number of phosphoric ester groups is 2. The molecule has 0 spiro atoms. The molecule has 0 aliphatic carbocycles. The van der Waals surface area contributed by atoms with Crippen molar-refractivity contribution in [1.82, 2.24) is 29.8 Å². The van der Waals surface area contributed by atoms with Gasteiger partial charge in [-0.15, -0.1) is 0 Å². The minimum absolute atomic E-state index is 0. The number of phenols is 3. The van der Waals surface area contributed by atoms with Crippen molar-refractivity contribution in [2.24, 2.45) is 0 Å². The molecule has 5 amide bonds. The molecule has 45 heteroatoms. The van der Waals surface area contributed by atoms with Gasteiger partial charge in [0.25, 0.3) is 29.5 Å². The number of sulfone groups is 1. The van der Waals surface area contributed by atoms with Crippen LogP contribution in [0.4, 0.5) is 25.7 Å². The molecule has 15 rings (SSSR count). The minimum atomic E-state index is -5.34. The molecule has 15 aromatic rings. The number of nitrogens with one attached hydrogen (secondary N) is 5. The Morgan fingerprint density at radius 2 is 0.685 bits per heavy atom.